The van der Waals surface area contributed by atoms with Gasteiger partial charge in [0.2, 0.25) is 5.91 Å². The van der Waals surface area contributed by atoms with Crippen LogP contribution in [0.1, 0.15) is 78.1 Å². The minimum absolute atomic E-state index is 0.133. The van der Waals surface area contributed by atoms with Crippen molar-refractivity contribution in [2.45, 2.75) is 84.1 Å². The van der Waals surface area contributed by atoms with E-state index in [-0.39, 0.29) is 11.9 Å². The van der Waals surface area contributed by atoms with E-state index in [0.29, 0.717) is 5.75 Å². The lowest BCUT2D eigenvalue weighted by molar-refractivity contribution is -0.121. The summed E-state index contributed by atoms with van der Waals surface area (Å²) in [6.45, 7) is 3.70. The zero-order valence-corrected chi connectivity index (χ0v) is 14.7. The molecule has 1 atom stereocenters. The van der Waals surface area contributed by atoms with Gasteiger partial charge in [-0.15, -0.1) is 0 Å². The van der Waals surface area contributed by atoms with Gasteiger partial charge in [0, 0.05) is 12.7 Å². The SMILES string of the molecule is CCCCCCCCCCCCSCC(C=O)NC(C)=O. The Morgan fingerprint density at radius 2 is 1.52 bits per heavy atom. The molecular formula is C17H33NO2S. The lowest BCUT2D eigenvalue weighted by Gasteiger charge is -2.10. The van der Waals surface area contributed by atoms with E-state index in [1.807, 2.05) is 0 Å². The second-order valence-corrected chi connectivity index (χ2v) is 6.85. The van der Waals surface area contributed by atoms with Crippen LogP contribution in [0.5, 0.6) is 0 Å². The molecule has 0 saturated heterocycles. The fourth-order valence-corrected chi connectivity index (χ4v) is 3.27. The average molecular weight is 316 g/mol. The highest BCUT2D eigenvalue weighted by Crippen LogP contribution is 2.12. The van der Waals surface area contributed by atoms with Crippen LogP contribution in [0, 0.1) is 0 Å². The Labute approximate surface area is 135 Å². The van der Waals surface area contributed by atoms with Crippen LogP contribution in [-0.2, 0) is 9.59 Å². The standard InChI is InChI=1S/C17H33NO2S/c1-3-4-5-6-7-8-9-10-11-12-13-21-15-17(14-19)18-16(2)20/h14,17H,3-13,15H2,1-2H3,(H,18,20). The molecule has 0 bridgehead atoms. The molecule has 0 aliphatic carbocycles. The Bertz CT molecular complexity index is 259. The van der Waals surface area contributed by atoms with Crippen molar-refractivity contribution in [3.63, 3.8) is 0 Å². The first-order valence-corrected chi connectivity index (χ1v) is 9.66. The maximum Gasteiger partial charge on any atom is 0.217 e. The molecule has 0 aliphatic rings. The molecule has 1 amide bonds. The van der Waals surface area contributed by atoms with E-state index in [2.05, 4.69) is 12.2 Å². The maximum absolute atomic E-state index is 10.9. The average Bonchev–Trinajstić information content (AvgIpc) is 2.46. The summed E-state index contributed by atoms with van der Waals surface area (Å²) in [7, 11) is 0. The minimum Gasteiger partial charge on any atom is -0.346 e. The Hall–Kier alpha value is -0.510. The normalized spacial score (nSPS) is 12.1. The number of thioether (sulfide) groups is 1. The van der Waals surface area contributed by atoms with Gasteiger partial charge in [-0.1, -0.05) is 64.7 Å². The first-order chi connectivity index (χ1) is 10.2. The second kappa shape index (κ2) is 15.9. The highest BCUT2D eigenvalue weighted by molar-refractivity contribution is 7.99. The van der Waals surface area contributed by atoms with Crippen LogP contribution in [0.4, 0.5) is 0 Å². The van der Waals surface area contributed by atoms with Crippen molar-refractivity contribution in [1.29, 1.82) is 0 Å². The van der Waals surface area contributed by atoms with Gasteiger partial charge in [-0.3, -0.25) is 4.79 Å². The molecule has 0 aromatic rings. The zero-order chi connectivity index (χ0) is 15.8. The molecule has 0 saturated carbocycles. The van der Waals surface area contributed by atoms with E-state index in [1.54, 1.807) is 11.8 Å². The van der Waals surface area contributed by atoms with Gasteiger partial charge in [-0.2, -0.15) is 11.8 Å². The summed E-state index contributed by atoms with van der Waals surface area (Å²) in [4.78, 5) is 21.6. The van der Waals surface area contributed by atoms with Gasteiger partial charge in [0.25, 0.3) is 0 Å². The van der Waals surface area contributed by atoms with Crippen LogP contribution in [0.2, 0.25) is 0 Å². The Balaban J connectivity index is 3.21. The van der Waals surface area contributed by atoms with E-state index in [0.717, 1.165) is 12.0 Å². The van der Waals surface area contributed by atoms with Gasteiger partial charge in [0.15, 0.2) is 0 Å². The van der Waals surface area contributed by atoms with Crippen LogP contribution < -0.4 is 5.32 Å². The summed E-state index contributed by atoms with van der Waals surface area (Å²) < 4.78 is 0. The Kier molecular flexibility index (Phi) is 15.5. The minimum atomic E-state index is -0.323. The molecule has 0 aromatic carbocycles. The van der Waals surface area contributed by atoms with Gasteiger partial charge in [0.05, 0.1) is 6.04 Å². The Morgan fingerprint density at radius 3 is 2.00 bits per heavy atom. The predicted molar refractivity (Wildman–Crippen MR) is 92.8 cm³/mol. The largest absolute Gasteiger partial charge is 0.346 e. The molecule has 0 aromatic heterocycles. The first kappa shape index (κ1) is 20.5. The van der Waals surface area contributed by atoms with Gasteiger partial charge < -0.3 is 10.1 Å². The van der Waals surface area contributed by atoms with E-state index in [4.69, 9.17) is 0 Å². The van der Waals surface area contributed by atoms with Crippen LogP contribution in [-0.4, -0.2) is 29.7 Å². The molecule has 124 valence electrons. The third-order valence-corrected chi connectivity index (χ3v) is 4.66. The highest BCUT2D eigenvalue weighted by atomic mass is 32.2. The van der Waals surface area contributed by atoms with Crippen molar-refractivity contribution in [3.05, 3.63) is 0 Å². The van der Waals surface area contributed by atoms with Crippen LogP contribution >= 0.6 is 11.8 Å². The summed E-state index contributed by atoms with van der Waals surface area (Å²) in [5, 5.41) is 2.64. The number of unbranched alkanes of at least 4 members (excludes halogenated alkanes) is 9. The molecule has 0 aliphatic heterocycles. The Morgan fingerprint density at radius 1 is 1.00 bits per heavy atom. The number of aldehydes is 1. The number of hydrogen-bond donors (Lipinski definition) is 1. The molecule has 0 spiro atoms. The van der Waals surface area contributed by atoms with E-state index in [1.165, 1.54) is 71.1 Å². The third-order valence-electron chi connectivity index (χ3n) is 3.49. The summed E-state index contributed by atoms with van der Waals surface area (Å²) >= 11 is 1.76. The van der Waals surface area contributed by atoms with Crippen molar-refractivity contribution in [2.75, 3.05) is 11.5 Å². The van der Waals surface area contributed by atoms with Crippen molar-refractivity contribution in [3.8, 4) is 0 Å². The van der Waals surface area contributed by atoms with Crippen molar-refractivity contribution in [2.24, 2.45) is 0 Å². The summed E-state index contributed by atoms with van der Waals surface area (Å²) in [5.74, 6) is 1.65. The third kappa shape index (κ3) is 15.7. The van der Waals surface area contributed by atoms with E-state index in [9.17, 15) is 9.59 Å². The molecule has 0 radical (unpaired) electrons. The topological polar surface area (TPSA) is 46.2 Å². The smallest absolute Gasteiger partial charge is 0.217 e. The molecule has 4 heteroatoms. The molecule has 3 nitrogen and oxygen atoms in total. The van der Waals surface area contributed by atoms with Gasteiger partial charge >= 0.3 is 0 Å². The van der Waals surface area contributed by atoms with Crippen LogP contribution in [0.3, 0.4) is 0 Å². The van der Waals surface area contributed by atoms with Crippen molar-refractivity contribution < 1.29 is 9.59 Å². The number of rotatable bonds is 15. The molecule has 0 fully saturated rings. The van der Waals surface area contributed by atoms with Gasteiger partial charge in [0.1, 0.15) is 6.29 Å². The van der Waals surface area contributed by atoms with E-state index >= 15 is 0 Å². The fourth-order valence-electron chi connectivity index (χ4n) is 2.28. The predicted octanol–water partition coefficient (Wildman–Crippen LogP) is 4.34. The van der Waals surface area contributed by atoms with E-state index < -0.39 is 0 Å². The number of carbonyl (C=O) groups excluding carboxylic acids is 2. The quantitative estimate of drug-likeness (QED) is 0.361. The number of hydrogen-bond acceptors (Lipinski definition) is 3. The molecule has 1 N–H and O–H groups in total. The molecule has 0 rings (SSSR count). The summed E-state index contributed by atoms with van der Waals surface area (Å²) in [5.41, 5.74) is 0. The van der Waals surface area contributed by atoms with Gasteiger partial charge in [-0.25, -0.2) is 0 Å². The van der Waals surface area contributed by atoms with Gasteiger partial charge in [-0.05, 0) is 12.2 Å². The highest BCUT2D eigenvalue weighted by Gasteiger charge is 2.07. The summed E-state index contributed by atoms with van der Waals surface area (Å²) in [6, 6.07) is -0.323. The number of amides is 1. The molecule has 21 heavy (non-hydrogen) atoms. The van der Waals surface area contributed by atoms with Crippen LogP contribution in [0.15, 0.2) is 0 Å². The number of nitrogens with one attached hydrogen (secondary N) is 1. The van der Waals surface area contributed by atoms with Crippen LogP contribution in [0.25, 0.3) is 0 Å². The lowest BCUT2D eigenvalue weighted by atomic mass is 10.1. The zero-order valence-electron chi connectivity index (χ0n) is 13.9. The molecule has 1 unspecified atom stereocenters. The fraction of sp³-hybridized carbons (Fsp3) is 0.882. The molecule has 0 heterocycles. The monoisotopic (exact) mass is 315 g/mol. The molecular weight excluding hydrogens is 282 g/mol. The maximum atomic E-state index is 10.9. The summed E-state index contributed by atoms with van der Waals surface area (Å²) in [6.07, 6.45) is 14.3. The number of carbonyl (C=O) groups is 2. The second-order valence-electron chi connectivity index (χ2n) is 5.70. The van der Waals surface area contributed by atoms with Crippen molar-refractivity contribution >= 4 is 24.0 Å². The first-order valence-electron chi connectivity index (χ1n) is 8.50. The lowest BCUT2D eigenvalue weighted by Crippen LogP contribution is -2.36. The van der Waals surface area contributed by atoms with Crippen molar-refractivity contribution in [1.82, 2.24) is 5.32 Å².